The van der Waals surface area contributed by atoms with E-state index < -0.39 is 4.92 Å². The van der Waals surface area contributed by atoms with Crippen LogP contribution in [-0.4, -0.2) is 23.9 Å². The molecule has 0 aliphatic carbocycles. The summed E-state index contributed by atoms with van der Waals surface area (Å²) < 4.78 is 0. The number of hydrogen-bond donors (Lipinski definition) is 2. The Labute approximate surface area is 125 Å². The van der Waals surface area contributed by atoms with E-state index in [1.807, 2.05) is 6.92 Å². The Morgan fingerprint density at radius 3 is 2.67 bits per heavy atom. The highest BCUT2D eigenvalue weighted by Crippen LogP contribution is 2.26. The van der Waals surface area contributed by atoms with Crippen LogP contribution in [0.3, 0.4) is 0 Å². The zero-order valence-electron chi connectivity index (χ0n) is 12.8. The first kappa shape index (κ1) is 16.9. The van der Waals surface area contributed by atoms with Gasteiger partial charge in [0.2, 0.25) is 0 Å². The highest BCUT2D eigenvalue weighted by Gasteiger charge is 2.17. The number of amides is 1. The number of nitro groups is 1. The lowest BCUT2D eigenvalue weighted by molar-refractivity contribution is -0.384. The van der Waals surface area contributed by atoms with E-state index in [0.29, 0.717) is 11.3 Å². The molecule has 0 aromatic heterocycles. The molecule has 1 unspecified atom stereocenters. The lowest BCUT2D eigenvalue weighted by Gasteiger charge is -2.15. The van der Waals surface area contributed by atoms with Gasteiger partial charge in [0.25, 0.3) is 11.6 Å². The van der Waals surface area contributed by atoms with Gasteiger partial charge < -0.3 is 10.6 Å². The second-order valence-electron chi connectivity index (χ2n) is 5.11. The molecule has 6 nitrogen and oxygen atoms in total. The number of unbranched alkanes of at least 4 members (excludes halogenated alkanes) is 2. The summed E-state index contributed by atoms with van der Waals surface area (Å²) in [4.78, 5) is 22.3. The Kier molecular flexibility index (Phi) is 6.65. The summed E-state index contributed by atoms with van der Waals surface area (Å²) in [6.07, 6.45) is 4.30. The number of benzene rings is 1. The van der Waals surface area contributed by atoms with E-state index in [1.54, 1.807) is 0 Å². The van der Waals surface area contributed by atoms with Crippen molar-refractivity contribution in [2.24, 2.45) is 0 Å². The molecule has 0 bridgehead atoms. The summed E-state index contributed by atoms with van der Waals surface area (Å²) in [5.74, 6) is -0.258. The van der Waals surface area contributed by atoms with Crippen molar-refractivity contribution in [2.75, 3.05) is 12.4 Å². The van der Waals surface area contributed by atoms with Crippen LogP contribution in [0.4, 0.5) is 11.4 Å². The van der Waals surface area contributed by atoms with E-state index in [9.17, 15) is 14.9 Å². The Balaban J connectivity index is 2.90. The molecule has 116 valence electrons. The quantitative estimate of drug-likeness (QED) is 0.437. The fourth-order valence-corrected chi connectivity index (χ4v) is 2.13. The lowest BCUT2D eigenvalue weighted by atomic mass is 10.1. The van der Waals surface area contributed by atoms with Crippen molar-refractivity contribution < 1.29 is 9.72 Å². The lowest BCUT2D eigenvalue weighted by Crippen LogP contribution is -2.19. The van der Waals surface area contributed by atoms with E-state index in [2.05, 4.69) is 17.6 Å². The van der Waals surface area contributed by atoms with Crippen molar-refractivity contribution in [3.05, 3.63) is 33.9 Å². The van der Waals surface area contributed by atoms with Crippen LogP contribution in [0.15, 0.2) is 18.2 Å². The number of carbonyl (C=O) groups is 1. The monoisotopic (exact) mass is 293 g/mol. The van der Waals surface area contributed by atoms with E-state index in [1.165, 1.54) is 25.2 Å². The summed E-state index contributed by atoms with van der Waals surface area (Å²) >= 11 is 0. The molecule has 0 saturated carbocycles. The first-order chi connectivity index (χ1) is 9.99. The molecule has 21 heavy (non-hydrogen) atoms. The van der Waals surface area contributed by atoms with Gasteiger partial charge in [-0.15, -0.1) is 0 Å². The molecule has 0 aliphatic heterocycles. The standard InChI is InChI=1S/C15H23N3O3/c1-4-5-6-7-11(2)17-13-10-12(15(19)16-3)8-9-14(13)18(20)21/h8-11,17H,4-7H2,1-3H3,(H,16,19). The third-order valence-corrected chi connectivity index (χ3v) is 3.33. The average molecular weight is 293 g/mol. The molecular weight excluding hydrogens is 270 g/mol. The minimum Gasteiger partial charge on any atom is -0.377 e. The first-order valence-electron chi connectivity index (χ1n) is 7.26. The van der Waals surface area contributed by atoms with Crippen LogP contribution < -0.4 is 10.6 Å². The molecule has 0 fully saturated rings. The van der Waals surface area contributed by atoms with Crippen molar-refractivity contribution >= 4 is 17.3 Å². The molecule has 1 atom stereocenters. The zero-order chi connectivity index (χ0) is 15.8. The summed E-state index contributed by atoms with van der Waals surface area (Å²) in [5.41, 5.74) is 0.793. The van der Waals surface area contributed by atoms with Crippen LogP contribution >= 0.6 is 0 Å². The molecule has 0 heterocycles. The number of anilines is 1. The van der Waals surface area contributed by atoms with Gasteiger partial charge in [-0.2, -0.15) is 0 Å². The van der Waals surface area contributed by atoms with Crippen LogP contribution in [0, 0.1) is 10.1 Å². The highest BCUT2D eigenvalue weighted by atomic mass is 16.6. The van der Waals surface area contributed by atoms with Crippen molar-refractivity contribution in [3.63, 3.8) is 0 Å². The molecule has 1 rings (SSSR count). The molecule has 0 aliphatic rings. The number of rotatable bonds is 8. The topological polar surface area (TPSA) is 84.3 Å². The number of nitrogens with one attached hydrogen (secondary N) is 2. The van der Waals surface area contributed by atoms with E-state index >= 15 is 0 Å². The summed E-state index contributed by atoms with van der Waals surface area (Å²) in [6.45, 7) is 4.13. The number of carbonyl (C=O) groups excluding carboxylic acids is 1. The van der Waals surface area contributed by atoms with E-state index in [-0.39, 0.29) is 17.6 Å². The van der Waals surface area contributed by atoms with Gasteiger partial charge in [-0.25, -0.2) is 0 Å². The average Bonchev–Trinajstić information content (AvgIpc) is 2.46. The molecule has 6 heteroatoms. The Hall–Kier alpha value is -2.11. The SMILES string of the molecule is CCCCCC(C)Nc1cc(C(=O)NC)ccc1[N+](=O)[O-]. The van der Waals surface area contributed by atoms with Crippen LogP contribution in [0.5, 0.6) is 0 Å². The highest BCUT2D eigenvalue weighted by molar-refractivity contribution is 5.95. The zero-order valence-corrected chi connectivity index (χ0v) is 12.8. The minimum atomic E-state index is -0.436. The largest absolute Gasteiger partial charge is 0.377 e. The molecule has 1 amide bonds. The molecular formula is C15H23N3O3. The molecule has 1 aromatic rings. The van der Waals surface area contributed by atoms with Crippen LogP contribution in [-0.2, 0) is 0 Å². The van der Waals surface area contributed by atoms with Gasteiger partial charge in [0, 0.05) is 24.7 Å². The molecule has 0 radical (unpaired) electrons. The summed E-state index contributed by atoms with van der Waals surface area (Å²) in [7, 11) is 1.53. The second kappa shape index (κ2) is 8.24. The predicted molar refractivity (Wildman–Crippen MR) is 83.7 cm³/mol. The van der Waals surface area contributed by atoms with Gasteiger partial charge in [0.15, 0.2) is 0 Å². The van der Waals surface area contributed by atoms with Gasteiger partial charge in [0.1, 0.15) is 5.69 Å². The number of hydrogen-bond acceptors (Lipinski definition) is 4. The molecule has 2 N–H and O–H groups in total. The van der Waals surface area contributed by atoms with Crippen molar-refractivity contribution in [2.45, 2.75) is 45.6 Å². The Bertz CT molecular complexity index is 503. The van der Waals surface area contributed by atoms with Crippen LogP contribution in [0.1, 0.15) is 49.9 Å². The maximum Gasteiger partial charge on any atom is 0.292 e. The Morgan fingerprint density at radius 2 is 2.10 bits per heavy atom. The van der Waals surface area contributed by atoms with Crippen molar-refractivity contribution in [1.82, 2.24) is 5.32 Å². The van der Waals surface area contributed by atoms with Gasteiger partial charge >= 0.3 is 0 Å². The van der Waals surface area contributed by atoms with Crippen molar-refractivity contribution in [3.8, 4) is 0 Å². The van der Waals surface area contributed by atoms with Crippen molar-refractivity contribution in [1.29, 1.82) is 0 Å². The third-order valence-electron chi connectivity index (χ3n) is 3.33. The van der Waals surface area contributed by atoms with E-state index in [0.717, 1.165) is 25.7 Å². The van der Waals surface area contributed by atoms with Gasteiger partial charge in [-0.1, -0.05) is 26.2 Å². The number of nitro benzene ring substituents is 1. The van der Waals surface area contributed by atoms with Crippen LogP contribution in [0.25, 0.3) is 0 Å². The molecule has 0 saturated heterocycles. The normalized spacial score (nSPS) is 11.8. The number of nitrogens with zero attached hydrogens (tertiary/aromatic N) is 1. The molecule has 0 spiro atoms. The first-order valence-corrected chi connectivity index (χ1v) is 7.26. The fourth-order valence-electron chi connectivity index (χ4n) is 2.13. The minimum absolute atomic E-state index is 0.00926. The summed E-state index contributed by atoms with van der Waals surface area (Å²) in [6, 6.07) is 4.48. The third kappa shape index (κ3) is 5.06. The van der Waals surface area contributed by atoms with Gasteiger partial charge in [0.05, 0.1) is 4.92 Å². The maximum absolute atomic E-state index is 11.6. The predicted octanol–water partition coefficient (Wildman–Crippen LogP) is 3.34. The molecule has 1 aromatic carbocycles. The summed E-state index contributed by atoms with van der Waals surface area (Å²) in [5, 5.41) is 16.7. The van der Waals surface area contributed by atoms with Gasteiger partial charge in [-0.3, -0.25) is 14.9 Å². The fraction of sp³-hybridized carbons (Fsp3) is 0.533. The van der Waals surface area contributed by atoms with Crippen LogP contribution in [0.2, 0.25) is 0 Å². The smallest absolute Gasteiger partial charge is 0.292 e. The van der Waals surface area contributed by atoms with E-state index in [4.69, 9.17) is 0 Å². The Morgan fingerprint density at radius 1 is 1.38 bits per heavy atom. The van der Waals surface area contributed by atoms with Gasteiger partial charge in [-0.05, 0) is 25.5 Å². The second-order valence-corrected chi connectivity index (χ2v) is 5.11. The maximum atomic E-state index is 11.6.